The minimum absolute atomic E-state index is 0.0507. The van der Waals surface area contributed by atoms with Crippen LogP contribution < -0.4 is 4.90 Å². The quantitative estimate of drug-likeness (QED) is 0.431. The molecule has 1 atom stereocenters. The van der Waals surface area contributed by atoms with Crippen molar-refractivity contribution in [3.8, 4) is 6.07 Å². The lowest BCUT2D eigenvalue weighted by molar-refractivity contribution is -0.144. The largest absolute Gasteiger partial charge is 0.466 e. The number of nitrogens with zero attached hydrogens (tertiary/aromatic N) is 3. The standard InChI is InChI=1S/C30H29N3O4/c1-3-37-29(35)18-27(24-10-5-4-6-11-24)33-20-28(34)32(2)26-15-14-22(17-25(26)30(33)36)13-12-21-8-7-9-23(16-21)19-31/h4-11,14-17,27H,3,12-13,18,20H2,1-2H3. The number of anilines is 1. The molecule has 0 saturated carbocycles. The van der Waals surface area contributed by atoms with E-state index >= 15 is 0 Å². The number of likely N-dealkylation sites (N-methyl/N-ethyl adjacent to an activating group) is 1. The molecule has 1 aliphatic heterocycles. The molecule has 3 aromatic carbocycles. The Morgan fingerprint density at radius 2 is 1.73 bits per heavy atom. The molecule has 0 bridgehead atoms. The lowest BCUT2D eigenvalue weighted by Crippen LogP contribution is -2.41. The molecule has 7 nitrogen and oxygen atoms in total. The summed E-state index contributed by atoms with van der Waals surface area (Å²) in [6, 6.07) is 23.8. The van der Waals surface area contributed by atoms with Gasteiger partial charge in [-0.15, -0.1) is 0 Å². The molecule has 0 fully saturated rings. The van der Waals surface area contributed by atoms with Gasteiger partial charge in [-0.05, 0) is 60.7 Å². The minimum atomic E-state index is -0.645. The van der Waals surface area contributed by atoms with Gasteiger partial charge in [-0.25, -0.2) is 0 Å². The zero-order valence-corrected chi connectivity index (χ0v) is 21.0. The van der Waals surface area contributed by atoms with Gasteiger partial charge in [0.1, 0.15) is 6.54 Å². The van der Waals surface area contributed by atoms with Crippen molar-refractivity contribution in [2.24, 2.45) is 0 Å². The van der Waals surface area contributed by atoms with Gasteiger partial charge in [0.15, 0.2) is 0 Å². The number of carbonyl (C=O) groups excluding carboxylic acids is 3. The maximum Gasteiger partial charge on any atom is 0.308 e. The normalized spacial score (nSPS) is 14.0. The van der Waals surface area contributed by atoms with Crippen LogP contribution in [0.4, 0.5) is 5.69 Å². The molecule has 0 aromatic heterocycles. The molecule has 0 radical (unpaired) electrons. The van der Waals surface area contributed by atoms with Crippen molar-refractivity contribution in [1.82, 2.24) is 4.90 Å². The number of rotatable bonds is 8. The van der Waals surface area contributed by atoms with Crippen LogP contribution in [0.1, 0.15) is 52.0 Å². The zero-order chi connectivity index (χ0) is 26.4. The van der Waals surface area contributed by atoms with Gasteiger partial charge in [-0.2, -0.15) is 5.26 Å². The molecule has 0 spiro atoms. The third-order valence-corrected chi connectivity index (χ3v) is 6.58. The lowest BCUT2D eigenvalue weighted by atomic mass is 9.98. The number of hydrogen-bond donors (Lipinski definition) is 0. The number of nitriles is 1. The van der Waals surface area contributed by atoms with Crippen molar-refractivity contribution in [2.75, 3.05) is 25.1 Å². The van der Waals surface area contributed by atoms with Crippen LogP contribution in [-0.4, -0.2) is 42.9 Å². The van der Waals surface area contributed by atoms with Crippen LogP contribution in [-0.2, 0) is 27.2 Å². The van der Waals surface area contributed by atoms with Crippen LogP contribution >= 0.6 is 0 Å². The Labute approximate surface area is 216 Å². The summed E-state index contributed by atoms with van der Waals surface area (Å²) in [5.41, 5.74) is 4.30. The molecule has 7 heteroatoms. The van der Waals surface area contributed by atoms with E-state index in [0.29, 0.717) is 29.7 Å². The third-order valence-electron chi connectivity index (χ3n) is 6.58. The van der Waals surface area contributed by atoms with Crippen molar-refractivity contribution >= 4 is 23.5 Å². The smallest absolute Gasteiger partial charge is 0.308 e. The van der Waals surface area contributed by atoms with Gasteiger partial charge in [0, 0.05) is 7.05 Å². The van der Waals surface area contributed by atoms with Crippen LogP contribution in [0.5, 0.6) is 0 Å². The van der Waals surface area contributed by atoms with E-state index in [1.165, 1.54) is 9.80 Å². The van der Waals surface area contributed by atoms with Crippen LogP contribution in [0.15, 0.2) is 72.8 Å². The predicted octanol–water partition coefficient (Wildman–Crippen LogP) is 4.46. The Kier molecular flexibility index (Phi) is 7.99. The fourth-order valence-electron chi connectivity index (χ4n) is 4.61. The molecular formula is C30H29N3O4. The summed E-state index contributed by atoms with van der Waals surface area (Å²) in [5.74, 6) is -0.972. The Morgan fingerprint density at radius 3 is 2.43 bits per heavy atom. The third kappa shape index (κ3) is 5.87. The molecule has 188 valence electrons. The van der Waals surface area contributed by atoms with Crippen LogP contribution in [0.2, 0.25) is 0 Å². The molecule has 1 aliphatic rings. The highest BCUT2D eigenvalue weighted by atomic mass is 16.5. The second-order valence-electron chi connectivity index (χ2n) is 8.99. The highest BCUT2D eigenvalue weighted by Gasteiger charge is 2.36. The van der Waals surface area contributed by atoms with E-state index in [0.717, 1.165) is 16.7 Å². The summed E-state index contributed by atoms with van der Waals surface area (Å²) >= 11 is 0. The average Bonchev–Trinajstić information content (AvgIpc) is 3.01. The van der Waals surface area contributed by atoms with Gasteiger partial charge in [0.05, 0.1) is 42.0 Å². The van der Waals surface area contributed by atoms with E-state index in [-0.39, 0.29) is 31.4 Å². The average molecular weight is 496 g/mol. The summed E-state index contributed by atoms with van der Waals surface area (Å²) in [6.45, 7) is 1.82. The summed E-state index contributed by atoms with van der Waals surface area (Å²) in [4.78, 5) is 42.6. The first-order valence-electron chi connectivity index (χ1n) is 12.3. The Balaban J connectivity index is 1.67. The number of fused-ring (bicyclic) bond motifs is 1. The molecule has 0 saturated heterocycles. The molecule has 3 aromatic rings. The van der Waals surface area contributed by atoms with E-state index in [1.807, 2.05) is 60.7 Å². The number of ether oxygens (including phenoxy) is 1. The van der Waals surface area contributed by atoms with Crippen molar-refractivity contribution < 1.29 is 19.1 Å². The molecule has 1 heterocycles. The highest BCUT2D eigenvalue weighted by molar-refractivity contribution is 6.09. The summed E-state index contributed by atoms with van der Waals surface area (Å²) in [7, 11) is 1.66. The van der Waals surface area contributed by atoms with Crippen LogP contribution in [0.25, 0.3) is 0 Å². The van der Waals surface area contributed by atoms with Gasteiger partial charge in [0.25, 0.3) is 5.91 Å². The minimum Gasteiger partial charge on any atom is -0.466 e. The van der Waals surface area contributed by atoms with Crippen molar-refractivity contribution in [2.45, 2.75) is 32.2 Å². The molecule has 0 N–H and O–H groups in total. The molecule has 4 rings (SSSR count). The first-order valence-corrected chi connectivity index (χ1v) is 12.3. The lowest BCUT2D eigenvalue weighted by Gasteiger charge is -2.30. The van der Waals surface area contributed by atoms with Gasteiger partial charge in [-0.3, -0.25) is 14.4 Å². The number of benzene rings is 3. The van der Waals surface area contributed by atoms with E-state index in [4.69, 9.17) is 10.00 Å². The summed E-state index contributed by atoms with van der Waals surface area (Å²) < 4.78 is 5.19. The number of carbonyl (C=O) groups is 3. The van der Waals surface area contributed by atoms with Crippen molar-refractivity contribution in [3.63, 3.8) is 0 Å². The highest BCUT2D eigenvalue weighted by Crippen LogP contribution is 2.33. The van der Waals surface area contributed by atoms with Gasteiger partial charge < -0.3 is 14.5 Å². The molecule has 37 heavy (non-hydrogen) atoms. The zero-order valence-electron chi connectivity index (χ0n) is 21.0. The van der Waals surface area contributed by atoms with E-state index in [2.05, 4.69) is 6.07 Å². The maximum absolute atomic E-state index is 14.0. The second kappa shape index (κ2) is 11.5. The van der Waals surface area contributed by atoms with E-state index in [1.54, 1.807) is 26.1 Å². The molecule has 1 unspecified atom stereocenters. The van der Waals surface area contributed by atoms with Crippen LogP contribution in [0, 0.1) is 11.3 Å². The van der Waals surface area contributed by atoms with Gasteiger partial charge in [0.2, 0.25) is 5.91 Å². The van der Waals surface area contributed by atoms with Crippen molar-refractivity contribution in [1.29, 1.82) is 5.26 Å². The molecule has 0 aliphatic carbocycles. The van der Waals surface area contributed by atoms with Gasteiger partial charge in [-0.1, -0.05) is 48.5 Å². The monoisotopic (exact) mass is 495 g/mol. The number of aryl methyl sites for hydroxylation is 2. The van der Waals surface area contributed by atoms with E-state index < -0.39 is 12.0 Å². The molecule has 2 amide bonds. The fraction of sp³-hybridized carbons (Fsp3) is 0.267. The fourth-order valence-corrected chi connectivity index (χ4v) is 4.61. The predicted molar refractivity (Wildman–Crippen MR) is 140 cm³/mol. The van der Waals surface area contributed by atoms with Crippen molar-refractivity contribution in [3.05, 3.63) is 101 Å². The maximum atomic E-state index is 14.0. The Bertz CT molecular complexity index is 1350. The summed E-state index contributed by atoms with van der Waals surface area (Å²) in [6.07, 6.45) is 1.32. The molecular weight excluding hydrogens is 466 g/mol. The van der Waals surface area contributed by atoms with Crippen LogP contribution in [0.3, 0.4) is 0 Å². The SMILES string of the molecule is CCOC(=O)CC(c1ccccc1)N1CC(=O)N(C)c2ccc(CCc3cccc(C#N)c3)cc2C1=O. The van der Waals surface area contributed by atoms with E-state index in [9.17, 15) is 14.4 Å². The first kappa shape index (κ1) is 25.6. The topological polar surface area (TPSA) is 90.7 Å². The number of esters is 1. The first-order chi connectivity index (χ1) is 17.9. The van der Waals surface area contributed by atoms with Gasteiger partial charge >= 0.3 is 5.97 Å². The number of hydrogen-bond acceptors (Lipinski definition) is 5. The summed E-state index contributed by atoms with van der Waals surface area (Å²) in [5, 5.41) is 9.17. The second-order valence-corrected chi connectivity index (χ2v) is 8.99. The number of amides is 2. The Hall–Kier alpha value is -4.44. The Morgan fingerprint density at radius 1 is 1.00 bits per heavy atom.